The molecular formula is C16H12Cl2N2O3. The first kappa shape index (κ1) is 14.7. The zero-order valence-electron chi connectivity index (χ0n) is 11.8. The Hall–Kier alpha value is -1.85. The number of rotatable bonds is 2. The summed E-state index contributed by atoms with van der Waals surface area (Å²) in [4.78, 5) is 37.3. The monoisotopic (exact) mass is 350 g/mol. The van der Waals surface area contributed by atoms with E-state index in [4.69, 9.17) is 23.2 Å². The second-order valence-electron chi connectivity index (χ2n) is 6.08. The van der Waals surface area contributed by atoms with Crippen LogP contribution in [0.25, 0.3) is 0 Å². The van der Waals surface area contributed by atoms with Crippen LogP contribution in [0.3, 0.4) is 0 Å². The Morgan fingerprint density at radius 3 is 2.26 bits per heavy atom. The Morgan fingerprint density at radius 1 is 1.09 bits per heavy atom. The van der Waals surface area contributed by atoms with Crippen LogP contribution in [0.5, 0.6) is 0 Å². The summed E-state index contributed by atoms with van der Waals surface area (Å²) >= 11 is 11.8. The topological polar surface area (TPSA) is 66.5 Å². The predicted octanol–water partition coefficient (Wildman–Crippen LogP) is 2.45. The van der Waals surface area contributed by atoms with Crippen LogP contribution in [-0.4, -0.2) is 22.7 Å². The smallest absolute Gasteiger partial charge is 0.271 e. The fraction of sp³-hybridized carbons (Fsp3) is 0.312. The van der Waals surface area contributed by atoms with Gasteiger partial charge in [-0.15, -0.1) is 0 Å². The second kappa shape index (κ2) is 5.08. The molecule has 5 nitrogen and oxygen atoms in total. The van der Waals surface area contributed by atoms with E-state index in [-0.39, 0.29) is 46.1 Å². The fourth-order valence-corrected chi connectivity index (χ4v) is 4.34. The van der Waals surface area contributed by atoms with Gasteiger partial charge in [0.2, 0.25) is 0 Å². The number of hydrogen-bond donors (Lipinski definition) is 1. The number of carbonyl (C=O) groups is 3. The maximum atomic E-state index is 12.5. The molecule has 0 aromatic heterocycles. The molecule has 1 heterocycles. The van der Waals surface area contributed by atoms with Gasteiger partial charge in [0.1, 0.15) is 0 Å². The van der Waals surface area contributed by atoms with Gasteiger partial charge in [0, 0.05) is 5.02 Å². The number of nitrogens with one attached hydrogen (secondary N) is 1. The summed E-state index contributed by atoms with van der Waals surface area (Å²) in [6.07, 6.45) is 4.84. The quantitative estimate of drug-likeness (QED) is 0.658. The van der Waals surface area contributed by atoms with E-state index in [1.807, 2.05) is 12.2 Å². The number of benzene rings is 1. The summed E-state index contributed by atoms with van der Waals surface area (Å²) in [7, 11) is 0. The minimum Gasteiger partial charge on any atom is -0.272 e. The molecule has 1 aromatic carbocycles. The zero-order valence-corrected chi connectivity index (χ0v) is 13.3. The van der Waals surface area contributed by atoms with Crippen molar-refractivity contribution in [2.45, 2.75) is 6.42 Å². The minimum atomic E-state index is -0.603. The zero-order chi connectivity index (χ0) is 16.3. The summed E-state index contributed by atoms with van der Waals surface area (Å²) < 4.78 is 0. The van der Waals surface area contributed by atoms with Crippen molar-refractivity contribution in [3.63, 3.8) is 0 Å². The molecule has 1 saturated heterocycles. The molecule has 1 N–H and O–H groups in total. The van der Waals surface area contributed by atoms with Gasteiger partial charge in [0.05, 0.1) is 22.4 Å². The van der Waals surface area contributed by atoms with Crippen LogP contribution >= 0.6 is 23.2 Å². The first-order valence-corrected chi connectivity index (χ1v) is 8.05. The molecule has 0 spiro atoms. The number of carbonyl (C=O) groups excluding carboxylic acids is 3. The Kier molecular flexibility index (Phi) is 3.25. The van der Waals surface area contributed by atoms with Crippen molar-refractivity contribution in [1.82, 2.24) is 10.4 Å². The van der Waals surface area contributed by atoms with Gasteiger partial charge in [-0.1, -0.05) is 35.4 Å². The molecule has 7 heteroatoms. The maximum absolute atomic E-state index is 12.5. The number of nitrogens with zero attached hydrogens (tertiary/aromatic N) is 1. The molecule has 23 heavy (non-hydrogen) atoms. The molecule has 2 bridgehead atoms. The van der Waals surface area contributed by atoms with Crippen LogP contribution in [0, 0.1) is 23.7 Å². The van der Waals surface area contributed by atoms with E-state index in [9.17, 15) is 14.4 Å². The van der Waals surface area contributed by atoms with Crippen LogP contribution < -0.4 is 5.43 Å². The van der Waals surface area contributed by atoms with Gasteiger partial charge in [-0.2, -0.15) is 5.01 Å². The highest BCUT2D eigenvalue weighted by Crippen LogP contribution is 2.52. The van der Waals surface area contributed by atoms with Gasteiger partial charge in [0.25, 0.3) is 17.7 Å². The van der Waals surface area contributed by atoms with Crippen molar-refractivity contribution in [2.24, 2.45) is 23.7 Å². The molecule has 4 rings (SSSR count). The SMILES string of the molecule is O=C(NN1C(=O)[C@@H]2[C@H](C1=O)[C@@H]1C=C[C@@H]2C1)c1ccc(Cl)cc1Cl. The molecule has 118 valence electrons. The molecule has 3 amide bonds. The highest BCUT2D eigenvalue weighted by Gasteiger charge is 2.59. The van der Waals surface area contributed by atoms with E-state index in [1.165, 1.54) is 18.2 Å². The Labute approximate surface area is 142 Å². The summed E-state index contributed by atoms with van der Waals surface area (Å²) in [5.74, 6) is -1.78. The van der Waals surface area contributed by atoms with Crippen molar-refractivity contribution >= 4 is 40.9 Å². The van der Waals surface area contributed by atoms with Crippen LogP contribution in [0.4, 0.5) is 0 Å². The second-order valence-corrected chi connectivity index (χ2v) is 6.92. The van der Waals surface area contributed by atoms with E-state index in [2.05, 4.69) is 5.43 Å². The molecule has 0 unspecified atom stereocenters. The number of fused-ring (bicyclic) bond motifs is 5. The number of hydrazine groups is 1. The largest absolute Gasteiger partial charge is 0.272 e. The summed E-state index contributed by atoms with van der Waals surface area (Å²) in [6, 6.07) is 4.41. The van der Waals surface area contributed by atoms with E-state index in [0.717, 1.165) is 11.4 Å². The van der Waals surface area contributed by atoms with Crippen LogP contribution in [0.2, 0.25) is 10.0 Å². The summed E-state index contributed by atoms with van der Waals surface area (Å²) in [6.45, 7) is 0. The van der Waals surface area contributed by atoms with Crippen LogP contribution in [0.15, 0.2) is 30.4 Å². The van der Waals surface area contributed by atoms with Gasteiger partial charge in [-0.25, -0.2) is 0 Å². The normalized spacial score (nSPS) is 31.0. The van der Waals surface area contributed by atoms with Gasteiger partial charge in [0.15, 0.2) is 0 Å². The van der Waals surface area contributed by atoms with Crippen molar-refractivity contribution in [1.29, 1.82) is 0 Å². The van der Waals surface area contributed by atoms with E-state index >= 15 is 0 Å². The standard InChI is InChI=1S/C16H12Cl2N2O3/c17-9-3-4-10(11(18)6-9)14(21)19-20-15(22)12-7-1-2-8(5-7)13(12)16(20)23/h1-4,6-8,12-13H,5H2,(H,19,21)/t7-,8-,12-,13+/m1/s1. The summed E-state index contributed by atoms with van der Waals surface area (Å²) in [5, 5.41) is 1.42. The number of allylic oxidation sites excluding steroid dienone is 2. The molecule has 2 aliphatic carbocycles. The third kappa shape index (κ3) is 2.11. The number of halogens is 2. The Bertz CT molecular complexity index is 747. The first-order chi connectivity index (χ1) is 11.0. The molecular weight excluding hydrogens is 339 g/mol. The Morgan fingerprint density at radius 2 is 1.70 bits per heavy atom. The predicted molar refractivity (Wildman–Crippen MR) is 83.5 cm³/mol. The molecule has 1 aliphatic heterocycles. The molecule has 2 fully saturated rings. The molecule has 4 atom stereocenters. The van der Waals surface area contributed by atoms with Crippen molar-refractivity contribution in [3.05, 3.63) is 46.0 Å². The van der Waals surface area contributed by atoms with Crippen LogP contribution in [-0.2, 0) is 9.59 Å². The average Bonchev–Trinajstić information content (AvgIpc) is 3.17. The van der Waals surface area contributed by atoms with Gasteiger partial charge in [-0.05, 0) is 36.5 Å². The highest BCUT2D eigenvalue weighted by atomic mass is 35.5. The van der Waals surface area contributed by atoms with Gasteiger partial charge in [-0.3, -0.25) is 19.8 Å². The highest BCUT2D eigenvalue weighted by molar-refractivity contribution is 6.36. The van der Waals surface area contributed by atoms with Gasteiger partial charge >= 0.3 is 0 Å². The van der Waals surface area contributed by atoms with E-state index in [1.54, 1.807) is 0 Å². The Balaban J connectivity index is 1.57. The summed E-state index contributed by atoms with van der Waals surface area (Å²) in [5.41, 5.74) is 2.55. The maximum Gasteiger partial charge on any atom is 0.271 e. The van der Waals surface area contributed by atoms with E-state index in [0.29, 0.717) is 5.02 Å². The van der Waals surface area contributed by atoms with Gasteiger partial charge < -0.3 is 0 Å². The lowest BCUT2D eigenvalue weighted by atomic mass is 9.85. The average molecular weight is 351 g/mol. The lowest BCUT2D eigenvalue weighted by Crippen LogP contribution is -2.47. The molecule has 0 radical (unpaired) electrons. The van der Waals surface area contributed by atoms with Crippen LogP contribution in [0.1, 0.15) is 16.8 Å². The van der Waals surface area contributed by atoms with E-state index < -0.39 is 5.91 Å². The third-order valence-corrected chi connectivity index (χ3v) is 5.41. The number of imide groups is 1. The molecule has 3 aliphatic rings. The first-order valence-electron chi connectivity index (χ1n) is 7.29. The lowest BCUT2D eigenvalue weighted by Gasteiger charge is -2.18. The minimum absolute atomic E-state index is 0.0995. The van der Waals surface area contributed by atoms with Crippen molar-refractivity contribution < 1.29 is 14.4 Å². The number of amides is 3. The van der Waals surface area contributed by atoms with Crippen molar-refractivity contribution in [3.8, 4) is 0 Å². The fourth-order valence-electron chi connectivity index (χ4n) is 3.85. The lowest BCUT2D eigenvalue weighted by molar-refractivity contribution is -0.143. The molecule has 1 aromatic rings. The third-order valence-electron chi connectivity index (χ3n) is 4.86. The van der Waals surface area contributed by atoms with Crippen molar-refractivity contribution in [2.75, 3.05) is 0 Å². The number of hydrogen-bond acceptors (Lipinski definition) is 3. The molecule has 1 saturated carbocycles.